The third-order valence-corrected chi connectivity index (χ3v) is 3.04. The Hall–Kier alpha value is -2.65. The molecule has 1 atom stereocenters. The number of benzene rings is 1. The lowest BCUT2D eigenvalue weighted by molar-refractivity contribution is -0.134. The molecule has 0 unspecified atom stereocenters. The molecule has 10 heteroatoms. The first-order valence-electron chi connectivity index (χ1n) is 6.44. The monoisotopic (exact) mass is 332 g/mol. The first-order valence-corrected chi connectivity index (χ1v) is 6.44. The Morgan fingerprint density at radius 3 is 2.43 bits per heavy atom. The lowest BCUT2D eigenvalue weighted by Gasteiger charge is -2.20. The van der Waals surface area contributed by atoms with Crippen molar-refractivity contribution < 1.29 is 27.2 Å². The summed E-state index contributed by atoms with van der Waals surface area (Å²) in [6.07, 6.45) is -4.80. The van der Waals surface area contributed by atoms with Gasteiger partial charge in [-0.15, -0.1) is 0 Å². The molecule has 23 heavy (non-hydrogen) atoms. The number of carbonyl (C=O) groups excluding carboxylic acids is 2. The number of carbonyl (C=O) groups is 2. The topological polar surface area (TPSA) is 87.8 Å². The van der Waals surface area contributed by atoms with E-state index in [1.54, 1.807) is 5.32 Å². The molecular formula is C13H12F4N4O2. The van der Waals surface area contributed by atoms with Gasteiger partial charge in [0, 0.05) is 6.42 Å². The van der Waals surface area contributed by atoms with Gasteiger partial charge in [-0.25, -0.2) is 4.39 Å². The van der Waals surface area contributed by atoms with Crippen molar-refractivity contribution in [2.24, 2.45) is 10.8 Å². The van der Waals surface area contributed by atoms with E-state index in [0.717, 1.165) is 17.1 Å². The summed E-state index contributed by atoms with van der Waals surface area (Å²) in [4.78, 5) is 23.2. The summed E-state index contributed by atoms with van der Waals surface area (Å²) in [7, 11) is 0. The molecule has 1 aromatic carbocycles. The van der Waals surface area contributed by atoms with Gasteiger partial charge >= 0.3 is 6.18 Å². The number of anilines is 1. The smallest absolute Gasteiger partial charge is 0.368 e. The Morgan fingerprint density at radius 2 is 1.91 bits per heavy atom. The van der Waals surface area contributed by atoms with Crippen LogP contribution in [0.5, 0.6) is 0 Å². The van der Waals surface area contributed by atoms with Crippen molar-refractivity contribution in [3.8, 4) is 0 Å². The molecule has 0 radical (unpaired) electrons. The van der Waals surface area contributed by atoms with Crippen molar-refractivity contribution in [2.45, 2.75) is 18.6 Å². The largest absolute Gasteiger partial charge is 0.405 e. The van der Waals surface area contributed by atoms with E-state index in [0.29, 0.717) is 0 Å². The highest BCUT2D eigenvalue weighted by Gasteiger charge is 2.36. The Labute approximate surface area is 127 Å². The van der Waals surface area contributed by atoms with Crippen LogP contribution in [-0.2, 0) is 9.59 Å². The first kappa shape index (κ1) is 16.7. The van der Waals surface area contributed by atoms with Crippen LogP contribution in [0.15, 0.2) is 29.4 Å². The molecule has 6 nitrogen and oxygen atoms in total. The molecule has 0 saturated heterocycles. The number of hydrazone groups is 1. The summed E-state index contributed by atoms with van der Waals surface area (Å²) >= 11 is 0. The third kappa shape index (κ3) is 4.18. The number of nitrogens with one attached hydrogen (secondary N) is 1. The second-order valence-electron chi connectivity index (χ2n) is 4.79. The fourth-order valence-corrected chi connectivity index (χ4v) is 1.98. The molecule has 2 amide bonds. The SMILES string of the molecule is NC(=O)[C@@H]1CC(C(=O)NCC(F)(F)F)=NN1c1ccc(F)cc1. The molecule has 3 N–H and O–H groups in total. The number of halogens is 4. The maximum Gasteiger partial charge on any atom is 0.405 e. The van der Waals surface area contributed by atoms with Gasteiger partial charge in [0.25, 0.3) is 5.91 Å². The molecular weight excluding hydrogens is 320 g/mol. The van der Waals surface area contributed by atoms with Crippen LogP contribution >= 0.6 is 0 Å². The molecule has 1 heterocycles. The van der Waals surface area contributed by atoms with E-state index in [1.807, 2.05) is 0 Å². The van der Waals surface area contributed by atoms with Crippen LogP contribution in [0.1, 0.15) is 6.42 Å². The van der Waals surface area contributed by atoms with E-state index in [9.17, 15) is 27.2 Å². The maximum absolute atomic E-state index is 12.9. The summed E-state index contributed by atoms with van der Waals surface area (Å²) in [5.74, 6) is -2.37. The standard InChI is InChI=1S/C13H12F4N4O2/c14-7-1-3-8(4-2-7)21-10(11(18)22)5-9(20-21)12(23)19-6-13(15,16)17/h1-4,10H,5-6H2,(H2,18,22)(H,19,23)/t10-/m0/s1. The number of alkyl halides is 3. The van der Waals surface area contributed by atoms with E-state index in [1.165, 1.54) is 12.1 Å². The van der Waals surface area contributed by atoms with E-state index in [2.05, 4.69) is 5.10 Å². The normalized spacial score (nSPS) is 17.8. The van der Waals surface area contributed by atoms with E-state index >= 15 is 0 Å². The Bertz CT molecular complexity index is 642. The van der Waals surface area contributed by atoms with Gasteiger partial charge < -0.3 is 11.1 Å². The fraction of sp³-hybridized carbons (Fsp3) is 0.308. The molecule has 2 rings (SSSR count). The highest BCUT2D eigenvalue weighted by Crippen LogP contribution is 2.25. The average molecular weight is 332 g/mol. The predicted octanol–water partition coefficient (Wildman–Crippen LogP) is 0.924. The molecule has 1 aromatic rings. The van der Waals surface area contributed by atoms with Crippen molar-refractivity contribution in [2.75, 3.05) is 11.6 Å². The minimum Gasteiger partial charge on any atom is -0.368 e. The molecule has 0 aromatic heterocycles. The molecule has 1 aliphatic heterocycles. The van der Waals surface area contributed by atoms with Crippen molar-refractivity contribution in [1.29, 1.82) is 0 Å². The molecule has 0 spiro atoms. The number of nitrogens with two attached hydrogens (primary N) is 1. The second kappa shape index (κ2) is 6.23. The highest BCUT2D eigenvalue weighted by atomic mass is 19.4. The van der Waals surface area contributed by atoms with Gasteiger partial charge in [-0.2, -0.15) is 18.3 Å². The zero-order chi connectivity index (χ0) is 17.2. The summed E-state index contributed by atoms with van der Waals surface area (Å²) in [6, 6.07) is 3.82. The molecule has 0 fully saturated rings. The minimum atomic E-state index is -4.56. The first-order chi connectivity index (χ1) is 10.7. The summed E-state index contributed by atoms with van der Waals surface area (Å²) in [6.45, 7) is -1.51. The third-order valence-electron chi connectivity index (χ3n) is 3.04. The number of primary amides is 1. The number of rotatable bonds is 4. The Morgan fingerprint density at radius 1 is 1.30 bits per heavy atom. The number of nitrogens with zero attached hydrogens (tertiary/aromatic N) is 2. The van der Waals surface area contributed by atoms with Crippen LogP contribution in [0, 0.1) is 5.82 Å². The van der Waals surface area contributed by atoms with Gasteiger partial charge in [-0.05, 0) is 24.3 Å². The van der Waals surface area contributed by atoms with Gasteiger partial charge in [0.2, 0.25) is 5.91 Å². The quantitative estimate of drug-likeness (QED) is 0.804. The Kier molecular flexibility index (Phi) is 4.52. The molecule has 1 aliphatic rings. The van der Waals surface area contributed by atoms with Crippen molar-refractivity contribution in [3.05, 3.63) is 30.1 Å². The maximum atomic E-state index is 12.9. The summed E-state index contributed by atoms with van der Waals surface area (Å²) < 4.78 is 49.3. The van der Waals surface area contributed by atoms with E-state index < -0.39 is 36.4 Å². The van der Waals surface area contributed by atoms with Gasteiger partial charge in [0.1, 0.15) is 24.1 Å². The van der Waals surface area contributed by atoms with Gasteiger partial charge in [0.05, 0.1) is 5.69 Å². The lowest BCUT2D eigenvalue weighted by atomic mass is 10.1. The Balaban J connectivity index is 2.19. The highest BCUT2D eigenvalue weighted by molar-refractivity contribution is 6.40. The van der Waals surface area contributed by atoms with E-state index in [4.69, 9.17) is 5.73 Å². The van der Waals surface area contributed by atoms with Crippen molar-refractivity contribution in [3.63, 3.8) is 0 Å². The number of hydrogen-bond donors (Lipinski definition) is 2. The fourth-order valence-electron chi connectivity index (χ4n) is 1.98. The van der Waals surface area contributed by atoms with Crippen LogP contribution in [0.25, 0.3) is 0 Å². The second-order valence-corrected chi connectivity index (χ2v) is 4.79. The van der Waals surface area contributed by atoms with Crippen LogP contribution < -0.4 is 16.1 Å². The molecule has 0 aliphatic carbocycles. The number of hydrogen-bond acceptors (Lipinski definition) is 4. The van der Waals surface area contributed by atoms with Crippen molar-refractivity contribution >= 4 is 23.2 Å². The van der Waals surface area contributed by atoms with Gasteiger partial charge in [0.15, 0.2) is 0 Å². The van der Waals surface area contributed by atoms with Crippen LogP contribution in [0.4, 0.5) is 23.2 Å². The predicted molar refractivity (Wildman–Crippen MR) is 73.0 cm³/mol. The molecule has 0 bridgehead atoms. The van der Waals surface area contributed by atoms with Gasteiger partial charge in [-0.3, -0.25) is 14.6 Å². The van der Waals surface area contributed by atoms with Crippen LogP contribution in [0.2, 0.25) is 0 Å². The lowest BCUT2D eigenvalue weighted by Crippen LogP contribution is -2.40. The minimum absolute atomic E-state index is 0.240. The van der Waals surface area contributed by atoms with Gasteiger partial charge in [-0.1, -0.05) is 0 Å². The zero-order valence-corrected chi connectivity index (χ0v) is 11.6. The summed E-state index contributed by atoms with van der Waals surface area (Å²) in [5, 5.41) is 6.60. The van der Waals surface area contributed by atoms with E-state index in [-0.39, 0.29) is 17.8 Å². The summed E-state index contributed by atoms with van der Waals surface area (Å²) in [5.41, 5.74) is 5.25. The molecule has 124 valence electrons. The van der Waals surface area contributed by atoms with Crippen LogP contribution in [-0.4, -0.2) is 36.3 Å². The number of amides is 2. The van der Waals surface area contributed by atoms with Crippen molar-refractivity contribution in [1.82, 2.24) is 5.32 Å². The average Bonchev–Trinajstić information content (AvgIpc) is 2.90. The zero-order valence-electron chi connectivity index (χ0n) is 11.6. The van der Waals surface area contributed by atoms with Crippen LogP contribution in [0.3, 0.4) is 0 Å². The molecule has 0 saturated carbocycles.